The van der Waals surface area contributed by atoms with Crippen molar-refractivity contribution in [2.24, 2.45) is 0 Å². The Hall–Kier alpha value is -0.670. The molecule has 0 spiro atoms. The molecule has 1 aromatic carbocycles. The number of rotatable bonds is 1. The summed E-state index contributed by atoms with van der Waals surface area (Å²) in [5.41, 5.74) is 0.562. The molecule has 2 rings (SSSR count). The highest BCUT2D eigenvalue weighted by Crippen LogP contribution is 2.38. The quantitative estimate of drug-likeness (QED) is 0.781. The molecule has 0 amide bonds. The van der Waals surface area contributed by atoms with Crippen LogP contribution in [-0.4, -0.2) is 12.5 Å². The number of benzene rings is 1. The van der Waals surface area contributed by atoms with Crippen LogP contribution in [0.4, 0.5) is 8.78 Å². The number of hydrogen-bond acceptors (Lipinski definition) is 1. The molecule has 1 unspecified atom stereocenters. The van der Waals surface area contributed by atoms with Crippen LogP contribution < -0.4 is 5.32 Å². The summed E-state index contributed by atoms with van der Waals surface area (Å²) in [5.74, 6) is -2.68. The zero-order valence-electron chi connectivity index (χ0n) is 8.14. The molecule has 1 N–H and O–H groups in total. The third kappa shape index (κ3) is 2.29. The van der Waals surface area contributed by atoms with Gasteiger partial charge in [-0.05, 0) is 30.7 Å². The van der Waals surface area contributed by atoms with Crippen LogP contribution in [0.2, 0.25) is 5.02 Å². The van der Waals surface area contributed by atoms with Gasteiger partial charge in [0.25, 0.3) is 5.92 Å². The minimum absolute atomic E-state index is 0.0584. The van der Waals surface area contributed by atoms with Crippen LogP contribution in [0.1, 0.15) is 24.4 Å². The summed E-state index contributed by atoms with van der Waals surface area (Å²) in [6, 6.07) is 5.77. The van der Waals surface area contributed by atoms with Crippen LogP contribution in [0, 0.1) is 0 Å². The third-order valence-electron chi connectivity index (χ3n) is 2.64. The Kier molecular flexibility index (Phi) is 2.94. The van der Waals surface area contributed by atoms with Crippen molar-refractivity contribution in [1.29, 1.82) is 0 Å². The first kappa shape index (κ1) is 10.8. The maximum absolute atomic E-state index is 13.6. The lowest BCUT2D eigenvalue weighted by Gasteiger charge is -2.32. The van der Waals surface area contributed by atoms with Crippen molar-refractivity contribution in [3.63, 3.8) is 0 Å². The Bertz CT molecular complexity index is 354. The van der Waals surface area contributed by atoms with E-state index in [4.69, 9.17) is 11.6 Å². The largest absolute Gasteiger partial charge is 0.305 e. The Labute approximate surface area is 92.4 Å². The fraction of sp³-hybridized carbons (Fsp3) is 0.455. The molecule has 0 aromatic heterocycles. The van der Waals surface area contributed by atoms with E-state index < -0.39 is 12.0 Å². The first-order valence-corrected chi connectivity index (χ1v) is 5.34. The summed E-state index contributed by atoms with van der Waals surface area (Å²) in [6.07, 6.45) is 0.460. The molecule has 1 saturated heterocycles. The van der Waals surface area contributed by atoms with Crippen LogP contribution in [0.3, 0.4) is 0 Å². The average Bonchev–Trinajstić information content (AvgIpc) is 2.17. The highest BCUT2D eigenvalue weighted by atomic mass is 35.5. The molecule has 15 heavy (non-hydrogen) atoms. The van der Waals surface area contributed by atoms with Gasteiger partial charge in [0.05, 0.1) is 6.04 Å². The first-order valence-electron chi connectivity index (χ1n) is 4.96. The van der Waals surface area contributed by atoms with E-state index in [2.05, 4.69) is 5.32 Å². The molecule has 0 saturated carbocycles. The van der Waals surface area contributed by atoms with Crippen LogP contribution in [-0.2, 0) is 0 Å². The van der Waals surface area contributed by atoms with E-state index in [1.54, 1.807) is 24.3 Å². The summed E-state index contributed by atoms with van der Waals surface area (Å²) in [7, 11) is 0. The molecule has 1 aromatic rings. The van der Waals surface area contributed by atoms with Crippen LogP contribution in [0.5, 0.6) is 0 Å². The van der Waals surface area contributed by atoms with Crippen molar-refractivity contribution in [3.8, 4) is 0 Å². The SMILES string of the molecule is FC1(F)CCCNC1c1cccc(Cl)c1. The standard InChI is InChI=1S/C11H12ClF2N/c12-9-4-1-3-8(7-9)10-11(13,14)5-2-6-15-10/h1,3-4,7,10,15H,2,5-6H2. The number of piperidine rings is 1. The van der Waals surface area contributed by atoms with Gasteiger partial charge in [0, 0.05) is 11.4 Å². The molecule has 0 radical (unpaired) electrons. The van der Waals surface area contributed by atoms with Gasteiger partial charge in [-0.2, -0.15) is 0 Å². The molecule has 0 aliphatic carbocycles. The molecule has 4 heteroatoms. The fourth-order valence-electron chi connectivity index (χ4n) is 1.91. The van der Waals surface area contributed by atoms with Gasteiger partial charge in [-0.3, -0.25) is 0 Å². The number of alkyl halides is 2. The van der Waals surface area contributed by atoms with Crippen molar-refractivity contribution in [2.75, 3.05) is 6.54 Å². The Morgan fingerprint density at radius 1 is 1.40 bits per heavy atom. The van der Waals surface area contributed by atoms with Gasteiger partial charge in [0.1, 0.15) is 0 Å². The maximum atomic E-state index is 13.6. The van der Waals surface area contributed by atoms with Gasteiger partial charge in [0.2, 0.25) is 0 Å². The van der Waals surface area contributed by atoms with Crippen molar-refractivity contribution in [1.82, 2.24) is 5.32 Å². The smallest absolute Gasteiger partial charge is 0.267 e. The first-order chi connectivity index (χ1) is 7.09. The lowest BCUT2D eigenvalue weighted by molar-refractivity contribution is -0.0619. The normalized spacial score (nSPS) is 25.1. The van der Waals surface area contributed by atoms with Gasteiger partial charge in [-0.1, -0.05) is 23.7 Å². The maximum Gasteiger partial charge on any atom is 0.267 e. The summed E-state index contributed by atoms with van der Waals surface area (Å²) >= 11 is 5.78. The summed E-state index contributed by atoms with van der Waals surface area (Å²) in [6.45, 7) is 0.632. The van der Waals surface area contributed by atoms with Crippen LogP contribution >= 0.6 is 11.6 Å². The third-order valence-corrected chi connectivity index (χ3v) is 2.87. The summed E-state index contributed by atoms with van der Waals surface area (Å²) in [5, 5.41) is 3.34. The molecular weight excluding hydrogens is 220 g/mol. The van der Waals surface area contributed by atoms with Crippen molar-refractivity contribution < 1.29 is 8.78 Å². The van der Waals surface area contributed by atoms with Gasteiger partial charge in [-0.15, -0.1) is 0 Å². The molecule has 1 heterocycles. The molecule has 1 nitrogen and oxygen atoms in total. The second-order valence-corrected chi connectivity index (χ2v) is 4.24. The summed E-state index contributed by atoms with van der Waals surface area (Å²) in [4.78, 5) is 0. The van der Waals surface area contributed by atoms with E-state index in [1.165, 1.54) is 0 Å². The Morgan fingerprint density at radius 3 is 2.87 bits per heavy atom. The highest BCUT2D eigenvalue weighted by molar-refractivity contribution is 6.30. The zero-order valence-corrected chi connectivity index (χ0v) is 8.90. The van der Waals surface area contributed by atoms with E-state index in [9.17, 15) is 8.78 Å². The Balaban J connectivity index is 2.29. The van der Waals surface area contributed by atoms with Crippen molar-refractivity contribution >= 4 is 11.6 Å². The fourth-order valence-corrected chi connectivity index (χ4v) is 2.11. The number of halogens is 3. The number of nitrogens with one attached hydrogen (secondary N) is 1. The monoisotopic (exact) mass is 231 g/mol. The Morgan fingerprint density at radius 2 is 2.20 bits per heavy atom. The van der Waals surface area contributed by atoms with Gasteiger partial charge >= 0.3 is 0 Å². The van der Waals surface area contributed by atoms with Gasteiger partial charge in [0.15, 0.2) is 0 Å². The van der Waals surface area contributed by atoms with E-state index in [1.807, 2.05) is 0 Å². The zero-order chi connectivity index (χ0) is 10.9. The predicted octanol–water partition coefficient (Wildman–Crippen LogP) is 3.40. The molecule has 1 aliphatic heterocycles. The van der Waals surface area contributed by atoms with Crippen LogP contribution in [0.15, 0.2) is 24.3 Å². The van der Waals surface area contributed by atoms with E-state index in [-0.39, 0.29) is 6.42 Å². The molecule has 1 fully saturated rings. The van der Waals surface area contributed by atoms with Crippen LogP contribution in [0.25, 0.3) is 0 Å². The van der Waals surface area contributed by atoms with Crippen molar-refractivity contribution in [2.45, 2.75) is 24.8 Å². The minimum Gasteiger partial charge on any atom is -0.305 e. The number of hydrogen-bond donors (Lipinski definition) is 1. The van der Waals surface area contributed by atoms with E-state index in [0.29, 0.717) is 23.6 Å². The summed E-state index contributed by atoms with van der Waals surface area (Å²) < 4.78 is 27.2. The molecule has 0 bridgehead atoms. The van der Waals surface area contributed by atoms with E-state index in [0.717, 1.165) is 0 Å². The minimum atomic E-state index is -2.68. The topological polar surface area (TPSA) is 12.0 Å². The lowest BCUT2D eigenvalue weighted by Crippen LogP contribution is -2.42. The molecule has 82 valence electrons. The van der Waals surface area contributed by atoms with Crippen molar-refractivity contribution in [3.05, 3.63) is 34.9 Å². The second-order valence-electron chi connectivity index (χ2n) is 3.81. The molecule has 1 aliphatic rings. The highest BCUT2D eigenvalue weighted by Gasteiger charge is 2.42. The lowest BCUT2D eigenvalue weighted by atomic mass is 9.94. The molecule has 1 atom stereocenters. The predicted molar refractivity (Wildman–Crippen MR) is 56.4 cm³/mol. The van der Waals surface area contributed by atoms with Gasteiger partial charge in [-0.25, -0.2) is 8.78 Å². The average molecular weight is 232 g/mol. The molecular formula is C11H12ClF2N. The van der Waals surface area contributed by atoms with Gasteiger partial charge < -0.3 is 5.32 Å². The second kappa shape index (κ2) is 4.06. The van der Waals surface area contributed by atoms with E-state index >= 15 is 0 Å².